The summed E-state index contributed by atoms with van der Waals surface area (Å²) in [6.45, 7) is 1.87. The second-order valence-electron chi connectivity index (χ2n) is 5.67. The van der Waals surface area contributed by atoms with Gasteiger partial charge in [0.05, 0.1) is 12.1 Å². The first-order valence-electron chi connectivity index (χ1n) is 7.80. The zero-order valence-electron chi connectivity index (χ0n) is 13.6. The number of nitrogens with zero attached hydrogens (tertiary/aromatic N) is 1. The molecule has 3 aromatic carbocycles. The van der Waals surface area contributed by atoms with E-state index in [0.717, 1.165) is 36.6 Å². The molecule has 3 nitrogen and oxygen atoms in total. The lowest BCUT2D eigenvalue weighted by Gasteiger charge is -2.08. The first kappa shape index (κ1) is 17.8. The van der Waals surface area contributed by atoms with E-state index in [1.807, 2.05) is 67.6 Å². The van der Waals surface area contributed by atoms with E-state index in [2.05, 4.69) is 42.4 Å². The van der Waals surface area contributed by atoms with Crippen molar-refractivity contribution in [3.8, 4) is 0 Å². The van der Waals surface area contributed by atoms with Gasteiger partial charge in [-0.1, -0.05) is 74.3 Å². The van der Waals surface area contributed by atoms with Gasteiger partial charge in [-0.05, 0) is 47.0 Å². The maximum atomic E-state index is 12.3. The van der Waals surface area contributed by atoms with Crippen LogP contribution in [0.2, 0.25) is 0 Å². The molecule has 0 aromatic heterocycles. The van der Waals surface area contributed by atoms with Gasteiger partial charge in [0.1, 0.15) is 0 Å². The number of rotatable bonds is 4. The molecule has 126 valence electrons. The molecule has 0 radical (unpaired) electrons. The molecule has 0 spiro atoms. The zero-order valence-corrected chi connectivity index (χ0v) is 16.8. The van der Waals surface area contributed by atoms with E-state index in [4.69, 9.17) is 0 Å². The molecule has 0 aliphatic carbocycles. The average Bonchev–Trinajstić information content (AvgIpc) is 2.62. The summed E-state index contributed by atoms with van der Waals surface area (Å²) < 4.78 is 2.00. The minimum atomic E-state index is -0.137. The molecule has 0 heterocycles. The van der Waals surface area contributed by atoms with E-state index in [1.54, 1.807) is 0 Å². The molecule has 3 rings (SSSR count). The highest BCUT2D eigenvalue weighted by Gasteiger charge is 2.08. The Labute approximate surface area is 163 Å². The lowest BCUT2D eigenvalue weighted by Crippen LogP contribution is -2.21. The molecule has 0 bridgehead atoms. The Morgan fingerprint density at radius 1 is 1.00 bits per heavy atom. The molecule has 3 aromatic rings. The third kappa shape index (κ3) is 4.35. The maximum absolute atomic E-state index is 12.3. The highest BCUT2D eigenvalue weighted by molar-refractivity contribution is 9.11. The second kappa shape index (κ2) is 7.93. The van der Waals surface area contributed by atoms with Gasteiger partial charge in [-0.15, -0.1) is 0 Å². The number of nitrogens with one attached hydrogen (secondary N) is 1. The third-order valence-electron chi connectivity index (χ3n) is 3.90. The summed E-state index contributed by atoms with van der Waals surface area (Å²) in [5.41, 5.74) is 5.35. The zero-order chi connectivity index (χ0) is 17.8. The minimum absolute atomic E-state index is 0.137. The number of benzene rings is 3. The van der Waals surface area contributed by atoms with Crippen molar-refractivity contribution in [2.24, 2.45) is 5.10 Å². The molecule has 0 unspecified atom stereocenters. The predicted octanol–water partition coefficient (Wildman–Crippen LogP) is 5.45. The van der Waals surface area contributed by atoms with Crippen LogP contribution in [-0.2, 0) is 11.2 Å². The lowest BCUT2D eigenvalue weighted by molar-refractivity contribution is -0.120. The number of hydrazone groups is 1. The Balaban J connectivity index is 1.75. The molecular formula is C20H16Br2N2O. The van der Waals surface area contributed by atoms with Crippen LogP contribution in [0.3, 0.4) is 0 Å². The fourth-order valence-corrected chi connectivity index (χ4v) is 3.49. The first-order valence-corrected chi connectivity index (χ1v) is 9.38. The molecular weight excluding hydrogens is 444 g/mol. The van der Waals surface area contributed by atoms with E-state index < -0.39 is 0 Å². The average molecular weight is 460 g/mol. The van der Waals surface area contributed by atoms with E-state index in [0.29, 0.717) is 0 Å². The van der Waals surface area contributed by atoms with Crippen molar-refractivity contribution in [3.05, 3.63) is 80.7 Å². The SMILES string of the molecule is C/C(=N\NC(=O)Cc1ccc(Br)c2ccccc12)c1cccc(Br)c1. The number of hydrogen-bond acceptors (Lipinski definition) is 2. The molecule has 0 aliphatic rings. The Bertz CT molecular complexity index is 967. The van der Waals surface area contributed by atoms with Crippen molar-refractivity contribution in [2.45, 2.75) is 13.3 Å². The van der Waals surface area contributed by atoms with Crippen LogP contribution in [0.5, 0.6) is 0 Å². The monoisotopic (exact) mass is 458 g/mol. The van der Waals surface area contributed by atoms with Crippen LogP contribution in [0, 0.1) is 0 Å². The first-order chi connectivity index (χ1) is 12.0. The van der Waals surface area contributed by atoms with E-state index in [9.17, 15) is 4.79 Å². The summed E-state index contributed by atoms with van der Waals surface area (Å²) in [5.74, 6) is -0.137. The van der Waals surface area contributed by atoms with Crippen LogP contribution in [0.15, 0.2) is 74.7 Å². The van der Waals surface area contributed by atoms with Crippen molar-refractivity contribution < 1.29 is 4.79 Å². The second-order valence-corrected chi connectivity index (χ2v) is 7.44. The van der Waals surface area contributed by atoms with Gasteiger partial charge < -0.3 is 0 Å². The summed E-state index contributed by atoms with van der Waals surface area (Å²) in [6.07, 6.45) is 0.281. The van der Waals surface area contributed by atoms with Crippen molar-refractivity contribution in [1.82, 2.24) is 5.43 Å². The fraction of sp³-hybridized carbons (Fsp3) is 0.100. The quantitative estimate of drug-likeness (QED) is 0.409. The molecule has 1 N–H and O–H groups in total. The smallest absolute Gasteiger partial charge is 0.244 e. The van der Waals surface area contributed by atoms with Crippen LogP contribution >= 0.6 is 31.9 Å². The van der Waals surface area contributed by atoms with E-state index in [-0.39, 0.29) is 12.3 Å². The molecule has 5 heteroatoms. The summed E-state index contributed by atoms with van der Waals surface area (Å²) in [6, 6.07) is 19.8. The van der Waals surface area contributed by atoms with Crippen LogP contribution < -0.4 is 5.43 Å². The normalized spacial score (nSPS) is 11.6. The number of halogens is 2. The molecule has 0 aliphatic heterocycles. The molecule has 0 saturated carbocycles. The van der Waals surface area contributed by atoms with Gasteiger partial charge in [-0.25, -0.2) is 5.43 Å². The largest absolute Gasteiger partial charge is 0.273 e. The van der Waals surface area contributed by atoms with Crippen LogP contribution in [0.1, 0.15) is 18.1 Å². The minimum Gasteiger partial charge on any atom is -0.273 e. The highest BCUT2D eigenvalue weighted by Crippen LogP contribution is 2.27. The number of carbonyl (C=O) groups excluding carboxylic acids is 1. The third-order valence-corrected chi connectivity index (χ3v) is 5.09. The molecule has 25 heavy (non-hydrogen) atoms. The fourth-order valence-electron chi connectivity index (χ4n) is 2.62. The van der Waals surface area contributed by atoms with Crippen molar-refractivity contribution in [2.75, 3.05) is 0 Å². The van der Waals surface area contributed by atoms with Gasteiger partial charge in [0, 0.05) is 8.95 Å². The van der Waals surface area contributed by atoms with E-state index in [1.165, 1.54) is 0 Å². The summed E-state index contributed by atoms with van der Waals surface area (Å²) in [5, 5.41) is 6.38. The number of hydrogen-bond donors (Lipinski definition) is 1. The molecule has 1 amide bonds. The van der Waals surface area contributed by atoms with Gasteiger partial charge in [0.15, 0.2) is 0 Å². The number of amides is 1. The van der Waals surface area contributed by atoms with E-state index >= 15 is 0 Å². The number of carbonyl (C=O) groups is 1. The van der Waals surface area contributed by atoms with Gasteiger partial charge in [0.25, 0.3) is 0 Å². The van der Waals surface area contributed by atoms with Crippen LogP contribution in [0.25, 0.3) is 10.8 Å². The van der Waals surface area contributed by atoms with Crippen LogP contribution in [-0.4, -0.2) is 11.6 Å². The van der Waals surface area contributed by atoms with Crippen LogP contribution in [0.4, 0.5) is 0 Å². The summed E-state index contributed by atoms with van der Waals surface area (Å²) >= 11 is 6.99. The predicted molar refractivity (Wildman–Crippen MR) is 110 cm³/mol. The number of fused-ring (bicyclic) bond motifs is 1. The Morgan fingerprint density at radius 2 is 1.76 bits per heavy atom. The van der Waals surface area contributed by atoms with Crippen molar-refractivity contribution >= 4 is 54.3 Å². The van der Waals surface area contributed by atoms with Gasteiger partial charge >= 0.3 is 0 Å². The van der Waals surface area contributed by atoms with Crippen molar-refractivity contribution in [1.29, 1.82) is 0 Å². The highest BCUT2D eigenvalue weighted by atomic mass is 79.9. The Kier molecular flexibility index (Phi) is 5.66. The van der Waals surface area contributed by atoms with Crippen molar-refractivity contribution in [3.63, 3.8) is 0 Å². The lowest BCUT2D eigenvalue weighted by atomic mass is 10.0. The summed E-state index contributed by atoms with van der Waals surface area (Å²) in [7, 11) is 0. The van der Waals surface area contributed by atoms with Gasteiger partial charge in [-0.3, -0.25) is 4.79 Å². The summed E-state index contributed by atoms with van der Waals surface area (Å²) in [4.78, 5) is 12.3. The standard InChI is InChI=1S/C20H16Br2N2O/c1-13(14-5-4-6-16(21)11-14)23-24-20(25)12-15-9-10-19(22)18-8-3-2-7-17(15)18/h2-11H,12H2,1H3,(H,24,25)/b23-13+. The Morgan fingerprint density at radius 3 is 2.52 bits per heavy atom. The Hall–Kier alpha value is -1.98. The topological polar surface area (TPSA) is 41.5 Å². The molecule has 0 atom stereocenters. The molecule has 0 saturated heterocycles. The van der Waals surface area contributed by atoms with Gasteiger partial charge in [0.2, 0.25) is 5.91 Å². The van der Waals surface area contributed by atoms with Gasteiger partial charge in [-0.2, -0.15) is 5.10 Å². The maximum Gasteiger partial charge on any atom is 0.244 e. The molecule has 0 fully saturated rings.